The second-order valence-electron chi connectivity index (χ2n) is 7.31. The number of aryl methyl sites for hydroxylation is 1. The molecule has 6 nitrogen and oxygen atoms in total. The van der Waals surface area contributed by atoms with E-state index in [9.17, 15) is 13.2 Å². The molecule has 2 N–H and O–H groups in total. The molecule has 0 saturated heterocycles. The maximum Gasteiger partial charge on any atom is 0.243 e. The number of hydrogen-bond acceptors (Lipinski definition) is 4. The van der Waals surface area contributed by atoms with Gasteiger partial charge in [-0.2, -0.15) is 4.31 Å². The van der Waals surface area contributed by atoms with Gasteiger partial charge in [-0.15, -0.1) is 0 Å². The summed E-state index contributed by atoms with van der Waals surface area (Å²) >= 11 is 0. The summed E-state index contributed by atoms with van der Waals surface area (Å²) in [6.07, 6.45) is 0.957. The Labute approximate surface area is 180 Å². The molecule has 0 aliphatic heterocycles. The number of nitrogens with zero attached hydrogens (tertiary/aromatic N) is 1. The number of carbonyl (C=O) groups excluding carboxylic acids is 1. The second-order valence-corrected chi connectivity index (χ2v) is 9.25. The molecule has 0 saturated carbocycles. The van der Waals surface area contributed by atoms with E-state index >= 15 is 0 Å². The average molecular weight is 432 g/mol. The van der Waals surface area contributed by atoms with Crippen molar-refractivity contribution in [2.45, 2.75) is 58.0 Å². The summed E-state index contributed by atoms with van der Waals surface area (Å²) < 4.78 is 26.7. The monoisotopic (exact) mass is 431 g/mol. The van der Waals surface area contributed by atoms with E-state index < -0.39 is 16.1 Å². The van der Waals surface area contributed by atoms with E-state index in [-0.39, 0.29) is 16.8 Å². The first kappa shape index (κ1) is 24.1. The van der Waals surface area contributed by atoms with E-state index in [1.54, 1.807) is 24.3 Å². The summed E-state index contributed by atoms with van der Waals surface area (Å²) in [6, 6.07) is 14.1. The Bertz CT molecular complexity index is 921. The maximum atomic E-state index is 12.6. The van der Waals surface area contributed by atoms with Crippen LogP contribution in [0.2, 0.25) is 0 Å². The number of benzene rings is 2. The molecule has 0 fully saturated rings. The lowest BCUT2D eigenvalue weighted by Gasteiger charge is -2.21. The molecule has 2 atom stereocenters. The molecule has 1 amide bonds. The Morgan fingerprint density at radius 3 is 2.00 bits per heavy atom. The van der Waals surface area contributed by atoms with Crippen molar-refractivity contribution in [3.63, 3.8) is 0 Å². The average Bonchev–Trinajstić information content (AvgIpc) is 2.75. The molecule has 7 heteroatoms. The lowest BCUT2D eigenvalue weighted by molar-refractivity contribution is -0.117. The molecular weight excluding hydrogens is 398 g/mol. The number of amides is 1. The fourth-order valence-electron chi connectivity index (χ4n) is 3.26. The van der Waals surface area contributed by atoms with Gasteiger partial charge in [-0.3, -0.25) is 10.1 Å². The minimum atomic E-state index is -3.47. The molecule has 0 unspecified atom stereocenters. The van der Waals surface area contributed by atoms with Crippen LogP contribution in [0.5, 0.6) is 0 Å². The van der Waals surface area contributed by atoms with Gasteiger partial charge in [0.1, 0.15) is 0 Å². The van der Waals surface area contributed by atoms with Gasteiger partial charge >= 0.3 is 0 Å². The molecule has 0 bridgehead atoms. The molecule has 0 spiro atoms. The molecule has 0 aromatic heterocycles. The number of hydrogen-bond donors (Lipinski definition) is 2. The predicted octanol–water partition coefficient (Wildman–Crippen LogP) is 3.96. The smallest absolute Gasteiger partial charge is 0.243 e. The highest BCUT2D eigenvalue weighted by Crippen LogP contribution is 2.20. The Kier molecular flexibility index (Phi) is 8.58. The van der Waals surface area contributed by atoms with Crippen LogP contribution in [0.15, 0.2) is 53.4 Å². The van der Waals surface area contributed by atoms with Gasteiger partial charge in [-0.25, -0.2) is 8.42 Å². The van der Waals surface area contributed by atoms with E-state index in [1.165, 1.54) is 9.87 Å². The van der Waals surface area contributed by atoms with Crippen molar-refractivity contribution < 1.29 is 13.2 Å². The van der Waals surface area contributed by atoms with Crippen LogP contribution in [-0.4, -0.2) is 37.8 Å². The van der Waals surface area contributed by atoms with Crippen LogP contribution in [0.25, 0.3) is 0 Å². The molecule has 0 radical (unpaired) electrons. The summed E-state index contributed by atoms with van der Waals surface area (Å²) in [6.45, 7) is 10.4. The highest BCUT2D eigenvalue weighted by atomic mass is 32.2. The highest BCUT2D eigenvalue weighted by Gasteiger charge is 2.22. The molecule has 2 aromatic rings. The highest BCUT2D eigenvalue weighted by molar-refractivity contribution is 7.89. The Hall–Kier alpha value is -2.22. The van der Waals surface area contributed by atoms with Crippen molar-refractivity contribution in [2.24, 2.45) is 0 Å². The normalized spacial score (nSPS) is 13.8. The molecule has 30 heavy (non-hydrogen) atoms. The topological polar surface area (TPSA) is 78.5 Å². The maximum absolute atomic E-state index is 12.6. The molecule has 0 aliphatic rings. The minimum absolute atomic E-state index is 0.113. The van der Waals surface area contributed by atoms with Gasteiger partial charge in [-0.1, -0.05) is 45.0 Å². The lowest BCUT2D eigenvalue weighted by atomic mass is 10.1. The zero-order valence-electron chi connectivity index (χ0n) is 18.5. The van der Waals surface area contributed by atoms with Crippen LogP contribution in [0, 0.1) is 0 Å². The number of carbonyl (C=O) groups is 1. The lowest BCUT2D eigenvalue weighted by Crippen LogP contribution is -2.39. The fourth-order valence-corrected chi connectivity index (χ4v) is 4.72. The quantitative estimate of drug-likeness (QED) is 0.597. The van der Waals surface area contributed by atoms with E-state index in [4.69, 9.17) is 0 Å². The van der Waals surface area contributed by atoms with Crippen LogP contribution in [0.4, 0.5) is 5.69 Å². The first-order chi connectivity index (χ1) is 14.2. The van der Waals surface area contributed by atoms with Gasteiger partial charge in [-0.05, 0) is 55.7 Å². The third-order valence-corrected chi connectivity index (χ3v) is 7.31. The molecule has 0 aliphatic carbocycles. The molecule has 164 valence electrons. The third-order valence-electron chi connectivity index (χ3n) is 5.25. The first-order valence-electron chi connectivity index (χ1n) is 10.5. The zero-order valence-corrected chi connectivity index (χ0v) is 19.3. The van der Waals surface area contributed by atoms with E-state index in [1.807, 2.05) is 52.0 Å². The van der Waals surface area contributed by atoms with Gasteiger partial charge in [0, 0.05) is 24.8 Å². The standard InChI is InChI=1S/C23H33N3O3S/c1-6-19-9-13-21(14-10-19)25-23(27)18(5)24-17(4)20-11-15-22(16-12-20)30(28,29)26(7-2)8-3/h9-18,24H,6-8H2,1-5H3,(H,25,27)/t17-,18+/m1/s1. The number of anilines is 1. The summed E-state index contributed by atoms with van der Waals surface area (Å²) in [5, 5.41) is 6.19. The first-order valence-corrected chi connectivity index (χ1v) is 11.9. The molecular formula is C23H33N3O3S. The number of nitrogens with one attached hydrogen (secondary N) is 2. The second kappa shape index (κ2) is 10.7. The predicted molar refractivity (Wildman–Crippen MR) is 122 cm³/mol. The molecule has 2 aromatic carbocycles. The summed E-state index contributed by atoms with van der Waals surface area (Å²) in [7, 11) is -3.47. The molecule has 2 rings (SSSR count). The third kappa shape index (κ3) is 5.90. The largest absolute Gasteiger partial charge is 0.325 e. The Balaban J connectivity index is 2.00. The van der Waals surface area contributed by atoms with Crippen LogP contribution in [0.1, 0.15) is 51.8 Å². The number of rotatable bonds is 10. The van der Waals surface area contributed by atoms with Crippen molar-refractivity contribution in [1.29, 1.82) is 0 Å². The van der Waals surface area contributed by atoms with Gasteiger partial charge in [0.2, 0.25) is 15.9 Å². The summed E-state index contributed by atoms with van der Waals surface area (Å²) in [5.41, 5.74) is 2.91. The zero-order chi connectivity index (χ0) is 22.3. The van der Waals surface area contributed by atoms with Crippen LogP contribution < -0.4 is 10.6 Å². The van der Waals surface area contributed by atoms with E-state index in [0.717, 1.165) is 17.7 Å². The van der Waals surface area contributed by atoms with Crippen LogP contribution >= 0.6 is 0 Å². The van der Waals surface area contributed by atoms with E-state index in [2.05, 4.69) is 17.6 Å². The summed E-state index contributed by atoms with van der Waals surface area (Å²) in [5.74, 6) is -0.119. The number of sulfonamides is 1. The van der Waals surface area contributed by atoms with Gasteiger partial charge in [0.05, 0.1) is 10.9 Å². The summed E-state index contributed by atoms with van der Waals surface area (Å²) in [4.78, 5) is 12.8. The van der Waals surface area contributed by atoms with Gasteiger partial charge in [0.15, 0.2) is 0 Å². The Morgan fingerprint density at radius 1 is 0.933 bits per heavy atom. The van der Waals surface area contributed by atoms with Crippen LogP contribution in [0.3, 0.4) is 0 Å². The van der Waals surface area contributed by atoms with Crippen molar-refractivity contribution in [3.8, 4) is 0 Å². The van der Waals surface area contributed by atoms with Gasteiger partial charge < -0.3 is 5.32 Å². The van der Waals surface area contributed by atoms with E-state index in [0.29, 0.717) is 13.1 Å². The molecule has 0 heterocycles. The van der Waals surface area contributed by atoms with Crippen molar-refractivity contribution >= 4 is 21.6 Å². The Morgan fingerprint density at radius 2 is 1.50 bits per heavy atom. The fraction of sp³-hybridized carbons (Fsp3) is 0.435. The van der Waals surface area contributed by atoms with Gasteiger partial charge in [0.25, 0.3) is 0 Å². The van der Waals surface area contributed by atoms with Crippen molar-refractivity contribution in [1.82, 2.24) is 9.62 Å². The van der Waals surface area contributed by atoms with Crippen molar-refractivity contribution in [2.75, 3.05) is 18.4 Å². The minimum Gasteiger partial charge on any atom is -0.325 e. The SMILES string of the molecule is CCc1ccc(NC(=O)[C@H](C)N[C@H](C)c2ccc(S(=O)(=O)N(CC)CC)cc2)cc1. The van der Waals surface area contributed by atoms with Crippen molar-refractivity contribution in [3.05, 3.63) is 59.7 Å². The van der Waals surface area contributed by atoms with Crippen LogP contribution in [-0.2, 0) is 21.2 Å².